The molecule has 0 heterocycles. The van der Waals surface area contributed by atoms with Crippen LogP contribution in [0.4, 0.5) is 0 Å². The molecule has 1 aliphatic carbocycles. The average molecular weight is 415 g/mol. The number of hydrogen-bond donors (Lipinski definition) is 2. The SMILES string of the molecule is CC1=CC(C(=O)O)(c2cc(Br)ccc2S(C)(=O)=O)CC(C(=O)O)=C1. The van der Waals surface area contributed by atoms with E-state index in [-0.39, 0.29) is 22.5 Å². The zero-order valence-corrected chi connectivity index (χ0v) is 15.3. The van der Waals surface area contributed by atoms with Gasteiger partial charge in [-0.2, -0.15) is 0 Å². The summed E-state index contributed by atoms with van der Waals surface area (Å²) in [4.78, 5) is 23.3. The zero-order chi connectivity index (χ0) is 18.3. The summed E-state index contributed by atoms with van der Waals surface area (Å²) < 4.78 is 24.7. The Morgan fingerprint density at radius 2 is 1.88 bits per heavy atom. The first kappa shape index (κ1) is 18.4. The molecule has 0 saturated carbocycles. The molecule has 1 aromatic rings. The van der Waals surface area contributed by atoms with E-state index in [1.807, 2.05) is 0 Å². The number of rotatable bonds is 4. The molecule has 6 nitrogen and oxygen atoms in total. The molecule has 0 radical (unpaired) electrons. The Morgan fingerprint density at radius 3 is 2.38 bits per heavy atom. The minimum atomic E-state index is -3.71. The van der Waals surface area contributed by atoms with Crippen LogP contribution in [0.1, 0.15) is 18.9 Å². The monoisotopic (exact) mass is 414 g/mol. The lowest BCUT2D eigenvalue weighted by molar-refractivity contribution is -0.142. The molecule has 0 aliphatic heterocycles. The lowest BCUT2D eigenvalue weighted by atomic mass is 9.71. The van der Waals surface area contributed by atoms with Crippen LogP contribution in [-0.2, 0) is 24.8 Å². The van der Waals surface area contributed by atoms with E-state index >= 15 is 0 Å². The van der Waals surface area contributed by atoms with E-state index < -0.39 is 27.2 Å². The molecule has 128 valence electrons. The van der Waals surface area contributed by atoms with Crippen molar-refractivity contribution in [2.75, 3.05) is 6.26 Å². The highest BCUT2D eigenvalue weighted by molar-refractivity contribution is 9.10. The summed E-state index contributed by atoms with van der Waals surface area (Å²) in [6.07, 6.45) is 3.44. The van der Waals surface area contributed by atoms with Gasteiger partial charge in [0.25, 0.3) is 0 Å². The van der Waals surface area contributed by atoms with Gasteiger partial charge in [0.05, 0.1) is 4.90 Å². The molecular formula is C16H15BrO6S. The Labute approximate surface area is 147 Å². The largest absolute Gasteiger partial charge is 0.480 e. The molecule has 1 atom stereocenters. The van der Waals surface area contributed by atoms with Crippen molar-refractivity contribution in [3.8, 4) is 0 Å². The Bertz CT molecular complexity index is 897. The van der Waals surface area contributed by atoms with Gasteiger partial charge in [-0.05, 0) is 36.8 Å². The molecule has 0 bridgehead atoms. The van der Waals surface area contributed by atoms with E-state index in [0.29, 0.717) is 10.0 Å². The summed E-state index contributed by atoms with van der Waals surface area (Å²) in [5.41, 5.74) is -1.37. The average Bonchev–Trinajstić information content (AvgIpc) is 2.44. The fourth-order valence-corrected chi connectivity index (χ4v) is 4.16. The number of hydrogen-bond acceptors (Lipinski definition) is 4. The van der Waals surface area contributed by atoms with E-state index in [4.69, 9.17) is 0 Å². The number of carbonyl (C=O) groups is 2. The molecule has 2 N–H and O–H groups in total. The fourth-order valence-electron chi connectivity index (χ4n) is 2.84. The van der Waals surface area contributed by atoms with Crippen molar-refractivity contribution in [3.05, 3.63) is 51.5 Å². The van der Waals surface area contributed by atoms with Gasteiger partial charge in [0, 0.05) is 22.7 Å². The second-order valence-electron chi connectivity index (χ2n) is 5.73. The van der Waals surface area contributed by atoms with Crippen LogP contribution in [0.2, 0.25) is 0 Å². The molecule has 0 spiro atoms. The minimum absolute atomic E-state index is 0.0399. The van der Waals surface area contributed by atoms with E-state index in [2.05, 4.69) is 15.9 Å². The van der Waals surface area contributed by atoms with Crippen LogP contribution < -0.4 is 0 Å². The lowest BCUT2D eigenvalue weighted by Gasteiger charge is -2.32. The van der Waals surface area contributed by atoms with Crippen molar-refractivity contribution in [2.45, 2.75) is 23.7 Å². The Morgan fingerprint density at radius 1 is 1.25 bits per heavy atom. The van der Waals surface area contributed by atoms with Gasteiger partial charge in [-0.1, -0.05) is 27.6 Å². The maximum atomic E-state index is 12.1. The third kappa shape index (κ3) is 3.29. The number of benzene rings is 1. The standard InChI is InChI=1S/C16H15BrO6S/c1-9-5-10(14(18)19)8-16(7-9,15(20)21)12-6-11(17)3-4-13(12)24(2,22)23/h3-7H,8H2,1-2H3,(H,18,19)(H,20,21). The van der Waals surface area contributed by atoms with E-state index in [1.165, 1.54) is 30.4 Å². The molecule has 1 unspecified atom stereocenters. The topological polar surface area (TPSA) is 109 Å². The molecular weight excluding hydrogens is 400 g/mol. The first-order valence-corrected chi connectivity index (χ1v) is 9.52. The second kappa shape index (κ2) is 6.18. The van der Waals surface area contributed by atoms with E-state index in [9.17, 15) is 28.2 Å². The van der Waals surface area contributed by atoms with Gasteiger partial charge in [0.1, 0.15) is 5.41 Å². The fraction of sp³-hybridized carbons (Fsp3) is 0.250. The molecule has 0 amide bonds. The molecule has 24 heavy (non-hydrogen) atoms. The first-order chi connectivity index (χ1) is 11.0. The Balaban J connectivity index is 2.85. The summed E-state index contributed by atoms with van der Waals surface area (Å²) >= 11 is 3.22. The number of halogens is 1. The molecule has 1 aliphatic rings. The number of aliphatic carboxylic acids is 2. The summed E-state index contributed by atoms with van der Waals surface area (Å²) in [6.45, 7) is 1.58. The van der Waals surface area contributed by atoms with Crippen LogP contribution in [0.15, 0.2) is 50.9 Å². The van der Waals surface area contributed by atoms with Crippen LogP contribution in [-0.4, -0.2) is 36.8 Å². The van der Waals surface area contributed by atoms with Crippen molar-refractivity contribution < 1.29 is 28.2 Å². The quantitative estimate of drug-likeness (QED) is 0.783. The highest BCUT2D eigenvalue weighted by Crippen LogP contribution is 2.42. The zero-order valence-electron chi connectivity index (χ0n) is 12.9. The van der Waals surface area contributed by atoms with Gasteiger partial charge >= 0.3 is 11.9 Å². The number of allylic oxidation sites excluding steroid dienone is 2. The van der Waals surface area contributed by atoms with Gasteiger partial charge in [-0.3, -0.25) is 4.79 Å². The predicted octanol–water partition coefficient (Wildman–Crippen LogP) is 2.54. The number of sulfone groups is 1. The molecule has 8 heteroatoms. The summed E-state index contributed by atoms with van der Waals surface area (Å²) in [5.74, 6) is -2.54. The molecule has 2 rings (SSSR count). The maximum absolute atomic E-state index is 12.1. The Kier molecular flexibility index (Phi) is 4.74. The maximum Gasteiger partial charge on any atom is 0.331 e. The number of carboxylic acids is 2. The lowest BCUT2D eigenvalue weighted by Crippen LogP contribution is -2.38. The third-order valence-electron chi connectivity index (χ3n) is 3.82. The molecule has 0 fully saturated rings. The summed E-state index contributed by atoms with van der Waals surface area (Å²) in [6, 6.07) is 4.24. The van der Waals surface area contributed by atoms with Gasteiger partial charge in [-0.25, -0.2) is 13.2 Å². The van der Waals surface area contributed by atoms with Gasteiger partial charge in [0.2, 0.25) is 0 Å². The van der Waals surface area contributed by atoms with Crippen LogP contribution in [0.5, 0.6) is 0 Å². The third-order valence-corrected chi connectivity index (χ3v) is 5.47. The minimum Gasteiger partial charge on any atom is -0.480 e. The van der Waals surface area contributed by atoms with Gasteiger partial charge < -0.3 is 10.2 Å². The van der Waals surface area contributed by atoms with Crippen LogP contribution in [0.25, 0.3) is 0 Å². The van der Waals surface area contributed by atoms with E-state index in [1.54, 1.807) is 6.92 Å². The predicted molar refractivity (Wildman–Crippen MR) is 90.7 cm³/mol. The Hall–Kier alpha value is -1.93. The van der Waals surface area contributed by atoms with Gasteiger partial charge in [0.15, 0.2) is 9.84 Å². The van der Waals surface area contributed by atoms with Crippen LogP contribution in [0, 0.1) is 0 Å². The van der Waals surface area contributed by atoms with E-state index in [0.717, 1.165) is 6.26 Å². The second-order valence-corrected chi connectivity index (χ2v) is 8.63. The normalized spacial score (nSPS) is 21.0. The molecule has 1 aromatic carbocycles. The van der Waals surface area contributed by atoms with Crippen molar-refractivity contribution >= 4 is 37.7 Å². The van der Waals surface area contributed by atoms with Crippen molar-refractivity contribution in [1.82, 2.24) is 0 Å². The van der Waals surface area contributed by atoms with Crippen LogP contribution >= 0.6 is 15.9 Å². The number of carboxylic acid groups (broad SMARTS) is 2. The summed E-state index contributed by atoms with van der Waals surface area (Å²) in [7, 11) is -3.71. The molecule has 0 saturated heterocycles. The van der Waals surface area contributed by atoms with Crippen LogP contribution in [0.3, 0.4) is 0 Å². The first-order valence-electron chi connectivity index (χ1n) is 6.84. The highest BCUT2D eigenvalue weighted by atomic mass is 79.9. The van der Waals surface area contributed by atoms with Crippen molar-refractivity contribution in [3.63, 3.8) is 0 Å². The van der Waals surface area contributed by atoms with Crippen molar-refractivity contribution in [1.29, 1.82) is 0 Å². The summed E-state index contributed by atoms with van der Waals surface area (Å²) in [5, 5.41) is 19.2. The molecule has 0 aromatic heterocycles. The highest BCUT2D eigenvalue weighted by Gasteiger charge is 2.44. The smallest absolute Gasteiger partial charge is 0.331 e. The van der Waals surface area contributed by atoms with Gasteiger partial charge in [-0.15, -0.1) is 0 Å². The van der Waals surface area contributed by atoms with Crippen molar-refractivity contribution in [2.24, 2.45) is 0 Å².